The zero-order valence-electron chi connectivity index (χ0n) is 14.7. The van der Waals surface area contributed by atoms with Gasteiger partial charge in [0.05, 0.1) is 6.54 Å². The zero-order chi connectivity index (χ0) is 16.9. The van der Waals surface area contributed by atoms with Gasteiger partial charge in [0.25, 0.3) is 0 Å². The normalized spacial score (nSPS) is 23.2. The van der Waals surface area contributed by atoms with E-state index in [0.29, 0.717) is 12.4 Å². The predicted octanol–water partition coefficient (Wildman–Crippen LogP) is 0.889. The molecule has 1 amide bonds. The Labute approximate surface area is 143 Å². The van der Waals surface area contributed by atoms with Crippen LogP contribution >= 0.6 is 0 Å². The molecular formula is C17H29N5O2. The molecular weight excluding hydrogens is 306 g/mol. The average Bonchev–Trinajstić information content (AvgIpc) is 2.79. The van der Waals surface area contributed by atoms with Crippen molar-refractivity contribution in [3.05, 3.63) is 11.6 Å². The van der Waals surface area contributed by atoms with Crippen LogP contribution in [0.2, 0.25) is 0 Å². The van der Waals surface area contributed by atoms with Gasteiger partial charge in [0, 0.05) is 32.6 Å². The molecule has 2 aliphatic heterocycles. The van der Waals surface area contributed by atoms with E-state index in [9.17, 15) is 9.90 Å². The minimum atomic E-state index is -0.0899. The number of rotatable bonds is 4. The van der Waals surface area contributed by atoms with Crippen molar-refractivity contribution >= 4 is 5.91 Å². The number of carbonyl (C=O) groups excluding carboxylic acids is 1. The standard InChI is InChI=1S/C17H29N5O2/c1-20-15(13-23)18-19-17(20)14-7-6-8-21(11-14)12-16(24)22-9-4-2-3-5-10-22/h14,23H,2-13H2,1H3/t14-/m0/s1. The quantitative estimate of drug-likeness (QED) is 0.884. The van der Waals surface area contributed by atoms with Crippen molar-refractivity contribution in [1.82, 2.24) is 24.6 Å². The second kappa shape index (κ2) is 8.07. The van der Waals surface area contributed by atoms with Crippen LogP contribution in [-0.2, 0) is 18.4 Å². The lowest BCUT2D eigenvalue weighted by atomic mass is 9.97. The summed E-state index contributed by atoms with van der Waals surface area (Å²) in [7, 11) is 1.90. The Hall–Kier alpha value is -1.47. The summed E-state index contributed by atoms with van der Waals surface area (Å²) >= 11 is 0. The number of carbonyl (C=O) groups is 1. The molecule has 1 aromatic heterocycles. The first-order chi connectivity index (χ1) is 11.7. The lowest BCUT2D eigenvalue weighted by Crippen LogP contribution is -2.44. The van der Waals surface area contributed by atoms with Gasteiger partial charge >= 0.3 is 0 Å². The van der Waals surface area contributed by atoms with Crippen molar-refractivity contribution in [3.8, 4) is 0 Å². The van der Waals surface area contributed by atoms with Gasteiger partial charge in [-0.05, 0) is 32.2 Å². The van der Waals surface area contributed by atoms with Crippen LogP contribution in [-0.4, -0.2) is 68.3 Å². The average molecular weight is 335 g/mol. The Bertz CT molecular complexity index is 551. The molecule has 3 heterocycles. The molecule has 0 spiro atoms. The summed E-state index contributed by atoms with van der Waals surface area (Å²) in [6.45, 7) is 4.07. The van der Waals surface area contributed by atoms with E-state index >= 15 is 0 Å². The van der Waals surface area contributed by atoms with Crippen LogP contribution in [0.15, 0.2) is 0 Å². The van der Waals surface area contributed by atoms with E-state index < -0.39 is 0 Å². The number of hydrogen-bond acceptors (Lipinski definition) is 5. The molecule has 2 aliphatic rings. The van der Waals surface area contributed by atoms with E-state index in [2.05, 4.69) is 15.1 Å². The number of amides is 1. The van der Waals surface area contributed by atoms with Crippen LogP contribution in [0.1, 0.15) is 56.1 Å². The second-order valence-corrected chi connectivity index (χ2v) is 7.06. The van der Waals surface area contributed by atoms with E-state index in [0.717, 1.165) is 57.7 Å². The zero-order valence-corrected chi connectivity index (χ0v) is 14.7. The minimum absolute atomic E-state index is 0.0899. The summed E-state index contributed by atoms with van der Waals surface area (Å²) in [5, 5.41) is 17.6. The fourth-order valence-electron chi connectivity index (χ4n) is 3.89. The number of piperidine rings is 1. The summed E-state index contributed by atoms with van der Waals surface area (Å²) in [4.78, 5) is 16.9. The van der Waals surface area contributed by atoms with Crippen molar-refractivity contribution in [2.45, 2.75) is 51.0 Å². The maximum absolute atomic E-state index is 12.6. The minimum Gasteiger partial charge on any atom is -0.388 e. The van der Waals surface area contributed by atoms with Crippen molar-refractivity contribution in [1.29, 1.82) is 0 Å². The fraction of sp³-hybridized carbons (Fsp3) is 0.824. The van der Waals surface area contributed by atoms with Gasteiger partial charge in [-0.2, -0.15) is 0 Å². The Morgan fingerprint density at radius 3 is 2.54 bits per heavy atom. The monoisotopic (exact) mass is 335 g/mol. The molecule has 0 saturated carbocycles. The Morgan fingerprint density at radius 2 is 1.88 bits per heavy atom. The van der Waals surface area contributed by atoms with Gasteiger partial charge in [0.15, 0.2) is 5.82 Å². The molecule has 0 unspecified atom stereocenters. The highest BCUT2D eigenvalue weighted by molar-refractivity contribution is 5.78. The van der Waals surface area contributed by atoms with Crippen molar-refractivity contribution in [2.75, 3.05) is 32.7 Å². The fourth-order valence-corrected chi connectivity index (χ4v) is 3.89. The molecule has 0 aliphatic carbocycles. The van der Waals surface area contributed by atoms with Crippen LogP contribution in [0.5, 0.6) is 0 Å². The SMILES string of the molecule is Cn1c(CO)nnc1[C@H]1CCCN(CC(=O)N2CCCCCC2)C1. The number of likely N-dealkylation sites (tertiary alicyclic amines) is 2. The number of hydrogen-bond donors (Lipinski definition) is 1. The number of aliphatic hydroxyl groups excluding tert-OH is 1. The van der Waals surface area contributed by atoms with E-state index in [1.54, 1.807) is 0 Å². The molecule has 7 heteroatoms. The lowest BCUT2D eigenvalue weighted by Gasteiger charge is -2.33. The maximum Gasteiger partial charge on any atom is 0.236 e. The summed E-state index contributed by atoms with van der Waals surface area (Å²) in [6, 6.07) is 0. The van der Waals surface area contributed by atoms with Crippen LogP contribution < -0.4 is 0 Å². The van der Waals surface area contributed by atoms with Crippen LogP contribution in [0.3, 0.4) is 0 Å². The van der Waals surface area contributed by atoms with E-state index in [1.165, 1.54) is 12.8 Å². The van der Waals surface area contributed by atoms with Crippen LogP contribution in [0, 0.1) is 0 Å². The molecule has 2 fully saturated rings. The summed E-state index contributed by atoms with van der Waals surface area (Å²) in [5.74, 6) is 2.08. The number of nitrogens with zero attached hydrogens (tertiary/aromatic N) is 5. The Balaban J connectivity index is 1.58. The Morgan fingerprint density at radius 1 is 1.12 bits per heavy atom. The molecule has 3 rings (SSSR count). The third-order valence-electron chi connectivity index (χ3n) is 5.33. The van der Waals surface area contributed by atoms with E-state index in [1.807, 2.05) is 16.5 Å². The van der Waals surface area contributed by atoms with Gasteiger partial charge in [-0.1, -0.05) is 12.8 Å². The molecule has 7 nitrogen and oxygen atoms in total. The van der Waals surface area contributed by atoms with Crippen molar-refractivity contribution < 1.29 is 9.90 Å². The molecule has 0 aromatic carbocycles. The van der Waals surface area contributed by atoms with Crippen LogP contribution in [0.4, 0.5) is 0 Å². The first kappa shape index (κ1) is 17.4. The van der Waals surface area contributed by atoms with Crippen LogP contribution in [0.25, 0.3) is 0 Å². The summed E-state index contributed by atoms with van der Waals surface area (Å²) in [6.07, 6.45) is 6.89. The van der Waals surface area contributed by atoms with E-state index in [4.69, 9.17) is 0 Å². The van der Waals surface area contributed by atoms with Gasteiger partial charge < -0.3 is 14.6 Å². The summed E-state index contributed by atoms with van der Waals surface area (Å²) < 4.78 is 1.89. The maximum atomic E-state index is 12.6. The van der Waals surface area contributed by atoms with E-state index in [-0.39, 0.29) is 18.4 Å². The third-order valence-corrected chi connectivity index (χ3v) is 5.33. The van der Waals surface area contributed by atoms with Crippen molar-refractivity contribution in [3.63, 3.8) is 0 Å². The number of aliphatic hydroxyl groups is 1. The third kappa shape index (κ3) is 3.95. The highest BCUT2D eigenvalue weighted by atomic mass is 16.3. The molecule has 1 N–H and O–H groups in total. The van der Waals surface area contributed by atoms with Crippen molar-refractivity contribution in [2.24, 2.45) is 7.05 Å². The predicted molar refractivity (Wildman–Crippen MR) is 90.4 cm³/mol. The molecule has 24 heavy (non-hydrogen) atoms. The second-order valence-electron chi connectivity index (χ2n) is 7.06. The molecule has 0 bridgehead atoms. The van der Waals surface area contributed by atoms with Gasteiger partial charge in [0.1, 0.15) is 12.4 Å². The molecule has 2 saturated heterocycles. The van der Waals surface area contributed by atoms with Gasteiger partial charge in [-0.25, -0.2) is 0 Å². The highest BCUT2D eigenvalue weighted by Crippen LogP contribution is 2.25. The topological polar surface area (TPSA) is 74.5 Å². The smallest absolute Gasteiger partial charge is 0.236 e. The van der Waals surface area contributed by atoms with Gasteiger partial charge in [-0.15, -0.1) is 10.2 Å². The van der Waals surface area contributed by atoms with Gasteiger partial charge in [-0.3, -0.25) is 9.69 Å². The number of aromatic nitrogens is 3. The first-order valence-electron chi connectivity index (χ1n) is 9.18. The Kier molecular flexibility index (Phi) is 5.84. The summed E-state index contributed by atoms with van der Waals surface area (Å²) in [5.41, 5.74) is 0. The first-order valence-corrected chi connectivity index (χ1v) is 9.18. The molecule has 1 atom stereocenters. The lowest BCUT2D eigenvalue weighted by molar-refractivity contribution is -0.132. The molecule has 0 radical (unpaired) electrons. The van der Waals surface area contributed by atoms with Gasteiger partial charge in [0.2, 0.25) is 5.91 Å². The molecule has 1 aromatic rings. The highest BCUT2D eigenvalue weighted by Gasteiger charge is 2.28. The molecule has 134 valence electrons. The largest absolute Gasteiger partial charge is 0.388 e.